The second-order valence-corrected chi connectivity index (χ2v) is 5.95. The molecule has 0 aromatic carbocycles. The van der Waals surface area contributed by atoms with Crippen molar-refractivity contribution < 1.29 is 39.0 Å². The summed E-state index contributed by atoms with van der Waals surface area (Å²) >= 11 is 0. The van der Waals surface area contributed by atoms with Crippen LogP contribution in [-0.2, 0) is 28.8 Å². The van der Waals surface area contributed by atoms with Gasteiger partial charge >= 0.3 is 11.9 Å². The normalized spacial score (nSPS) is 13.5. The number of amides is 4. The fraction of sp³-hybridized carbons (Fsp3) is 0.600. The highest BCUT2D eigenvalue weighted by Crippen LogP contribution is 2.01. The third kappa shape index (κ3) is 10.7. The summed E-state index contributed by atoms with van der Waals surface area (Å²) in [5.74, 6) is -5.54. The average molecular weight is 403 g/mol. The van der Waals surface area contributed by atoms with Crippen molar-refractivity contribution in [3.05, 3.63) is 0 Å². The first-order valence-corrected chi connectivity index (χ1v) is 8.30. The van der Waals surface area contributed by atoms with Gasteiger partial charge in [-0.05, 0) is 19.8 Å². The second-order valence-electron chi connectivity index (χ2n) is 5.95. The van der Waals surface area contributed by atoms with Crippen molar-refractivity contribution in [1.82, 2.24) is 16.0 Å². The van der Waals surface area contributed by atoms with Crippen molar-refractivity contribution in [3.8, 4) is 0 Å². The van der Waals surface area contributed by atoms with E-state index in [1.54, 1.807) is 0 Å². The third-order valence-electron chi connectivity index (χ3n) is 3.49. The average Bonchev–Trinajstić information content (AvgIpc) is 2.60. The first-order valence-electron chi connectivity index (χ1n) is 8.30. The van der Waals surface area contributed by atoms with Gasteiger partial charge in [-0.25, -0.2) is 0 Å². The lowest BCUT2D eigenvalue weighted by atomic mass is 10.1. The highest BCUT2D eigenvalue weighted by atomic mass is 16.4. The summed E-state index contributed by atoms with van der Waals surface area (Å²) in [4.78, 5) is 67.9. The molecule has 0 fully saturated rings. The molecule has 0 saturated carbocycles. The standard InChI is InChI=1S/C15H25N5O8/c1-7(15(27)28)19-11(22)6-18-14(26)9(3-4-10(17)21)20-13(25)8(16)2-5-12(23)24/h7-9H,2-6,16H2,1H3,(H2,17,21)(H,18,26)(H,19,22)(H,20,25)(H,23,24)(H,27,28). The fourth-order valence-electron chi connectivity index (χ4n) is 1.89. The van der Waals surface area contributed by atoms with Gasteiger partial charge in [-0.2, -0.15) is 0 Å². The topological polar surface area (TPSA) is 231 Å². The van der Waals surface area contributed by atoms with E-state index in [0.29, 0.717) is 0 Å². The van der Waals surface area contributed by atoms with Crippen LogP contribution in [0.4, 0.5) is 0 Å². The first-order chi connectivity index (χ1) is 12.9. The van der Waals surface area contributed by atoms with Crippen LogP contribution in [-0.4, -0.2) is 70.5 Å². The molecule has 0 radical (unpaired) electrons. The van der Waals surface area contributed by atoms with Gasteiger partial charge in [0.15, 0.2) is 0 Å². The molecule has 28 heavy (non-hydrogen) atoms. The number of hydrogen-bond donors (Lipinski definition) is 7. The zero-order chi connectivity index (χ0) is 21.9. The Labute approximate surface area is 160 Å². The Hall–Kier alpha value is -3.22. The van der Waals surface area contributed by atoms with E-state index >= 15 is 0 Å². The zero-order valence-electron chi connectivity index (χ0n) is 15.3. The van der Waals surface area contributed by atoms with Crippen LogP contribution >= 0.6 is 0 Å². The number of primary amides is 1. The van der Waals surface area contributed by atoms with Crippen LogP contribution in [0.15, 0.2) is 0 Å². The quantitative estimate of drug-likeness (QED) is 0.162. The van der Waals surface area contributed by atoms with Crippen molar-refractivity contribution in [1.29, 1.82) is 0 Å². The molecule has 3 unspecified atom stereocenters. The van der Waals surface area contributed by atoms with Crippen molar-refractivity contribution in [2.75, 3.05) is 6.54 Å². The smallest absolute Gasteiger partial charge is 0.325 e. The summed E-state index contributed by atoms with van der Waals surface area (Å²) in [6.45, 7) is 0.668. The minimum absolute atomic E-state index is 0.166. The molecule has 0 aliphatic rings. The predicted molar refractivity (Wildman–Crippen MR) is 93.5 cm³/mol. The van der Waals surface area contributed by atoms with Gasteiger partial charge in [-0.15, -0.1) is 0 Å². The lowest BCUT2D eigenvalue weighted by molar-refractivity contribution is -0.141. The molecule has 0 aromatic rings. The number of aliphatic carboxylic acids is 2. The van der Waals surface area contributed by atoms with Crippen molar-refractivity contribution in [3.63, 3.8) is 0 Å². The maximum atomic E-state index is 12.2. The van der Waals surface area contributed by atoms with Gasteiger partial charge in [-0.3, -0.25) is 28.8 Å². The highest BCUT2D eigenvalue weighted by Gasteiger charge is 2.25. The van der Waals surface area contributed by atoms with Gasteiger partial charge in [0.2, 0.25) is 23.6 Å². The Morgan fingerprint density at radius 1 is 0.929 bits per heavy atom. The van der Waals surface area contributed by atoms with E-state index < -0.39 is 60.2 Å². The Kier molecular flexibility index (Phi) is 10.8. The summed E-state index contributed by atoms with van der Waals surface area (Å²) in [5, 5.41) is 23.9. The number of carboxylic acids is 2. The zero-order valence-corrected chi connectivity index (χ0v) is 15.3. The molecule has 4 amide bonds. The second kappa shape index (κ2) is 12.2. The summed E-state index contributed by atoms with van der Waals surface area (Å²) in [7, 11) is 0. The van der Waals surface area contributed by atoms with Crippen LogP contribution in [0, 0.1) is 0 Å². The molecule has 3 atom stereocenters. The minimum Gasteiger partial charge on any atom is -0.481 e. The summed E-state index contributed by atoms with van der Waals surface area (Å²) < 4.78 is 0. The van der Waals surface area contributed by atoms with E-state index in [0.717, 1.165) is 0 Å². The van der Waals surface area contributed by atoms with Crippen LogP contribution in [0.1, 0.15) is 32.6 Å². The highest BCUT2D eigenvalue weighted by molar-refractivity contribution is 5.93. The van der Waals surface area contributed by atoms with Crippen LogP contribution in [0.2, 0.25) is 0 Å². The summed E-state index contributed by atoms with van der Waals surface area (Å²) in [5.41, 5.74) is 10.6. The monoisotopic (exact) mass is 403 g/mol. The number of nitrogens with one attached hydrogen (secondary N) is 3. The lowest BCUT2D eigenvalue weighted by Crippen LogP contribution is -2.53. The van der Waals surface area contributed by atoms with E-state index in [4.69, 9.17) is 21.7 Å². The molecular weight excluding hydrogens is 378 g/mol. The molecule has 0 spiro atoms. The summed E-state index contributed by atoms with van der Waals surface area (Å²) in [6, 6.07) is -3.61. The molecule has 0 rings (SSSR count). The van der Waals surface area contributed by atoms with Crippen molar-refractivity contribution >= 4 is 35.6 Å². The van der Waals surface area contributed by atoms with Crippen molar-refractivity contribution in [2.45, 2.75) is 50.7 Å². The Morgan fingerprint density at radius 3 is 2.04 bits per heavy atom. The largest absolute Gasteiger partial charge is 0.481 e. The Bertz CT molecular complexity index is 624. The van der Waals surface area contributed by atoms with Gasteiger partial charge in [-0.1, -0.05) is 0 Å². The van der Waals surface area contributed by atoms with Gasteiger partial charge in [0.05, 0.1) is 12.6 Å². The molecule has 13 nitrogen and oxygen atoms in total. The molecule has 0 bridgehead atoms. The first kappa shape index (κ1) is 24.8. The Morgan fingerprint density at radius 2 is 1.54 bits per heavy atom. The van der Waals surface area contributed by atoms with Crippen LogP contribution in [0.25, 0.3) is 0 Å². The van der Waals surface area contributed by atoms with Gasteiger partial charge < -0.3 is 37.6 Å². The molecule has 0 aliphatic carbocycles. The molecule has 0 heterocycles. The number of nitrogens with two attached hydrogens (primary N) is 2. The van der Waals surface area contributed by atoms with E-state index in [9.17, 15) is 28.8 Å². The molecular formula is C15H25N5O8. The predicted octanol–water partition coefficient (Wildman–Crippen LogP) is -3.37. The van der Waals surface area contributed by atoms with Crippen LogP contribution < -0.4 is 27.4 Å². The molecule has 0 saturated heterocycles. The van der Waals surface area contributed by atoms with E-state index in [1.165, 1.54) is 6.92 Å². The number of carbonyl (C=O) groups is 6. The molecule has 13 heteroatoms. The van der Waals surface area contributed by atoms with Gasteiger partial charge in [0.25, 0.3) is 0 Å². The minimum atomic E-state index is -1.26. The van der Waals surface area contributed by atoms with E-state index in [-0.39, 0.29) is 25.7 Å². The molecule has 0 aliphatic heterocycles. The van der Waals surface area contributed by atoms with Crippen LogP contribution in [0.3, 0.4) is 0 Å². The number of carboxylic acid groups (broad SMARTS) is 2. The van der Waals surface area contributed by atoms with E-state index in [2.05, 4.69) is 16.0 Å². The van der Waals surface area contributed by atoms with Gasteiger partial charge in [0.1, 0.15) is 12.1 Å². The van der Waals surface area contributed by atoms with E-state index in [1.807, 2.05) is 0 Å². The van der Waals surface area contributed by atoms with Crippen LogP contribution in [0.5, 0.6) is 0 Å². The SMILES string of the molecule is CC(NC(=O)CNC(=O)C(CCC(N)=O)NC(=O)C(N)CCC(=O)O)C(=O)O. The number of hydrogen-bond acceptors (Lipinski definition) is 7. The summed E-state index contributed by atoms with van der Waals surface area (Å²) in [6.07, 6.45) is -0.938. The maximum Gasteiger partial charge on any atom is 0.325 e. The molecule has 0 aromatic heterocycles. The van der Waals surface area contributed by atoms with Crippen molar-refractivity contribution in [2.24, 2.45) is 11.5 Å². The maximum absolute atomic E-state index is 12.2. The molecule has 9 N–H and O–H groups in total. The number of rotatable bonds is 13. The Balaban J connectivity index is 4.79. The lowest BCUT2D eigenvalue weighted by Gasteiger charge is -2.20. The third-order valence-corrected chi connectivity index (χ3v) is 3.49. The fourth-order valence-corrected chi connectivity index (χ4v) is 1.89. The molecule has 158 valence electrons. The van der Waals surface area contributed by atoms with Gasteiger partial charge in [0, 0.05) is 12.8 Å². The number of carbonyl (C=O) groups excluding carboxylic acids is 4.